The van der Waals surface area contributed by atoms with Gasteiger partial charge in [-0.2, -0.15) is 14.9 Å². The molecule has 1 N–H and O–H groups in total. The van der Waals surface area contributed by atoms with Crippen molar-refractivity contribution in [3.8, 4) is 11.5 Å². The second kappa shape index (κ2) is 7.94. The number of carbonyl (C=O) groups is 1. The molecule has 0 aliphatic heterocycles. The first-order chi connectivity index (χ1) is 12.6. The van der Waals surface area contributed by atoms with E-state index in [0.29, 0.717) is 26.9 Å². The molecule has 1 aromatic heterocycles. The molecule has 3 rings (SSSR count). The van der Waals surface area contributed by atoms with Gasteiger partial charge in [-0.3, -0.25) is 5.10 Å². The molecule has 2 aromatic carbocycles. The monoisotopic (exact) mass is 388 g/mol. The Morgan fingerprint density at radius 3 is 2.69 bits per heavy atom. The second-order valence-electron chi connectivity index (χ2n) is 5.06. The molecule has 0 radical (unpaired) electrons. The van der Waals surface area contributed by atoms with Crippen molar-refractivity contribution in [3.63, 3.8) is 0 Å². The van der Waals surface area contributed by atoms with E-state index in [0.717, 1.165) is 5.56 Å². The first-order valence-corrected chi connectivity index (χ1v) is 8.17. The molecule has 0 fully saturated rings. The van der Waals surface area contributed by atoms with Gasteiger partial charge >= 0.3 is 5.97 Å². The summed E-state index contributed by atoms with van der Waals surface area (Å²) in [6, 6.07) is 11.5. The lowest BCUT2D eigenvalue weighted by Crippen LogP contribution is -2.09. The Labute approximate surface area is 158 Å². The third-order valence-corrected chi connectivity index (χ3v) is 3.87. The molecule has 26 heavy (non-hydrogen) atoms. The number of nitrogens with one attached hydrogen (secondary N) is 1. The molecule has 0 atom stereocenters. The largest absolute Gasteiger partial charge is 0.493 e. The average molecular weight is 389 g/mol. The maximum atomic E-state index is 12.2. The van der Waals surface area contributed by atoms with Crippen molar-refractivity contribution < 1.29 is 14.3 Å². The summed E-state index contributed by atoms with van der Waals surface area (Å²) in [5.41, 5.74) is 1.12. The molecule has 3 aromatic rings. The van der Waals surface area contributed by atoms with Gasteiger partial charge in [-0.05, 0) is 60.2 Å². The zero-order valence-electron chi connectivity index (χ0n) is 13.5. The Hall–Kier alpha value is -2.97. The van der Waals surface area contributed by atoms with Gasteiger partial charge in [0, 0.05) is 5.02 Å². The second-order valence-corrected chi connectivity index (χ2v) is 5.88. The highest BCUT2D eigenvalue weighted by molar-refractivity contribution is 7.71. The zero-order chi connectivity index (χ0) is 18.5. The molecule has 0 bridgehead atoms. The van der Waals surface area contributed by atoms with Gasteiger partial charge < -0.3 is 9.47 Å². The van der Waals surface area contributed by atoms with Crippen molar-refractivity contribution in [3.05, 3.63) is 69.7 Å². The van der Waals surface area contributed by atoms with Crippen LogP contribution < -0.4 is 9.47 Å². The van der Waals surface area contributed by atoms with Crippen molar-refractivity contribution in [1.29, 1.82) is 0 Å². The van der Waals surface area contributed by atoms with Gasteiger partial charge in [0.05, 0.1) is 18.9 Å². The van der Waals surface area contributed by atoms with E-state index in [4.69, 9.17) is 33.3 Å². The van der Waals surface area contributed by atoms with E-state index in [1.165, 1.54) is 18.1 Å². The van der Waals surface area contributed by atoms with Crippen molar-refractivity contribution in [1.82, 2.24) is 14.9 Å². The normalized spacial score (nSPS) is 10.8. The number of methoxy groups -OCH3 is 1. The van der Waals surface area contributed by atoms with Crippen LogP contribution in [0.2, 0.25) is 5.02 Å². The molecular weight excluding hydrogens is 376 g/mol. The molecule has 0 aliphatic carbocycles. The topological polar surface area (TPSA) is 81.5 Å². The first kappa shape index (κ1) is 17.8. The average Bonchev–Trinajstić information content (AvgIpc) is 3.06. The first-order valence-electron chi connectivity index (χ1n) is 7.39. The molecule has 0 saturated heterocycles. The number of hydrogen-bond donors (Lipinski definition) is 1. The number of benzene rings is 2. The van der Waals surface area contributed by atoms with Gasteiger partial charge in [-0.15, -0.1) is 0 Å². The quantitative estimate of drug-likeness (QED) is 0.312. The lowest BCUT2D eigenvalue weighted by Gasteiger charge is -2.10. The van der Waals surface area contributed by atoms with Crippen molar-refractivity contribution in [2.45, 2.75) is 0 Å². The summed E-state index contributed by atoms with van der Waals surface area (Å²) in [5.74, 6) is 0.183. The number of aromatic amines is 1. The van der Waals surface area contributed by atoms with Crippen molar-refractivity contribution >= 4 is 36.0 Å². The van der Waals surface area contributed by atoms with Crippen LogP contribution in [0.25, 0.3) is 0 Å². The van der Waals surface area contributed by atoms with E-state index in [-0.39, 0.29) is 0 Å². The molecule has 0 saturated carbocycles. The highest BCUT2D eigenvalue weighted by Gasteiger charge is 2.12. The Morgan fingerprint density at radius 1 is 1.27 bits per heavy atom. The van der Waals surface area contributed by atoms with E-state index in [9.17, 15) is 4.79 Å². The van der Waals surface area contributed by atoms with E-state index in [2.05, 4.69) is 15.3 Å². The van der Waals surface area contributed by atoms with Crippen LogP contribution in [0.5, 0.6) is 11.5 Å². The summed E-state index contributed by atoms with van der Waals surface area (Å²) >= 11 is 10.8. The molecule has 1 heterocycles. The number of rotatable bonds is 5. The molecular formula is C17H13ClN4O3S. The summed E-state index contributed by atoms with van der Waals surface area (Å²) in [5, 5.41) is 11.1. The third kappa shape index (κ3) is 4.16. The minimum Gasteiger partial charge on any atom is -0.493 e. The van der Waals surface area contributed by atoms with Crippen molar-refractivity contribution in [2.24, 2.45) is 5.10 Å². The van der Waals surface area contributed by atoms with Crippen LogP contribution in [0.4, 0.5) is 0 Å². The SMILES string of the molecule is COc1cc(C=Nn2cn[nH]c2=S)ccc1OC(=O)c1ccc(Cl)cc1. The molecule has 0 aliphatic rings. The number of carbonyl (C=O) groups excluding carboxylic acids is 1. The smallest absolute Gasteiger partial charge is 0.343 e. The summed E-state index contributed by atoms with van der Waals surface area (Å²) in [7, 11) is 1.49. The number of esters is 1. The fourth-order valence-corrected chi connectivity index (χ4v) is 2.32. The lowest BCUT2D eigenvalue weighted by atomic mass is 10.2. The lowest BCUT2D eigenvalue weighted by molar-refractivity contribution is 0.0729. The van der Waals surface area contributed by atoms with Crippen LogP contribution in [-0.2, 0) is 0 Å². The number of nitrogens with zero attached hydrogens (tertiary/aromatic N) is 3. The molecule has 0 amide bonds. The third-order valence-electron chi connectivity index (χ3n) is 3.34. The van der Waals surface area contributed by atoms with Crippen LogP contribution in [0, 0.1) is 4.77 Å². The van der Waals surface area contributed by atoms with Gasteiger partial charge in [0.15, 0.2) is 11.5 Å². The fraction of sp³-hybridized carbons (Fsp3) is 0.0588. The van der Waals surface area contributed by atoms with E-state index < -0.39 is 5.97 Å². The van der Waals surface area contributed by atoms with E-state index in [1.54, 1.807) is 48.7 Å². The van der Waals surface area contributed by atoms with Crippen LogP contribution in [0.15, 0.2) is 53.9 Å². The molecule has 0 unspecified atom stereocenters. The van der Waals surface area contributed by atoms with Gasteiger partial charge in [0.1, 0.15) is 6.33 Å². The van der Waals surface area contributed by atoms with Crippen molar-refractivity contribution in [2.75, 3.05) is 7.11 Å². The molecule has 0 spiro atoms. The zero-order valence-corrected chi connectivity index (χ0v) is 15.1. The van der Waals surface area contributed by atoms with E-state index >= 15 is 0 Å². The Morgan fingerprint density at radius 2 is 2.04 bits per heavy atom. The number of halogens is 1. The molecule has 132 valence electrons. The van der Waals surface area contributed by atoms with Crippen LogP contribution in [0.3, 0.4) is 0 Å². The summed E-state index contributed by atoms with van der Waals surface area (Å²) < 4.78 is 12.5. The number of ether oxygens (including phenoxy) is 2. The predicted molar refractivity (Wildman–Crippen MR) is 99.8 cm³/mol. The Kier molecular flexibility index (Phi) is 5.45. The molecule has 7 nitrogen and oxygen atoms in total. The Bertz CT molecular complexity index is 1010. The summed E-state index contributed by atoms with van der Waals surface area (Å²) in [6.07, 6.45) is 3.04. The maximum absolute atomic E-state index is 12.2. The van der Waals surface area contributed by atoms with Crippen LogP contribution >= 0.6 is 23.8 Å². The highest BCUT2D eigenvalue weighted by atomic mass is 35.5. The van der Waals surface area contributed by atoms with Crippen LogP contribution in [0.1, 0.15) is 15.9 Å². The minimum absolute atomic E-state index is 0.296. The summed E-state index contributed by atoms with van der Waals surface area (Å²) in [4.78, 5) is 12.2. The predicted octanol–water partition coefficient (Wildman–Crippen LogP) is 3.70. The van der Waals surface area contributed by atoms with Gasteiger partial charge in [0.2, 0.25) is 4.77 Å². The number of aromatic nitrogens is 3. The van der Waals surface area contributed by atoms with E-state index in [1.807, 2.05) is 0 Å². The molecule has 9 heteroatoms. The Balaban J connectivity index is 1.79. The number of H-pyrrole nitrogens is 1. The minimum atomic E-state index is -0.508. The maximum Gasteiger partial charge on any atom is 0.343 e. The standard InChI is InChI=1S/C17H13ClN4O3S/c1-24-15-8-11(9-20-22-10-19-21-17(22)26)2-7-14(15)25-16(23)12-3-5-13(18)6-4-12/h2-10H,1H3,(H,21,26). The fourth-order valence-electron chi connectivity index (χ4n) is 2.05. The summed E-state index contributed by atoms with van der Waals surface area (Å²) in [6.45, 7) is 0. The van der Waals surface area contributed by atoms with Gasteiger partial charge in [0.25, 0.3) is 0 Å². The van der Waals surface area contributed by atoms with Gasteiger partial charge in [-0.1, -0.05) is 11.6 Å². The highest BCUT2D eigenvalue weighted by Crippen LogP contribution is 2.28. The van der Waals surface area contributed by atoms with Gasteiger partial charge in [-0.25, -0.2) is 4.79 Å². The number of hydrogen-bond acceptors (Lipinski definition) is 6. The van der Waals surface area contributed by atoms with Crippen LogP contribution in [-0.4, -0.2) is 34.2 Å².